The highest BCUT2D eigenvalue weighted by atomic mass is 16.6. The van der Waals surface area contributed by atoms with E-state index < -0.39 is 23.8 Å². The Hall–Kier alpha value is -1.95. The van der Waals surface area contributed by atoms with Gasteiger partial charge in [-0.2, -0.15) is 5.26 Å². The van der Waals surface area contributed by atoms with Crippen LogP contribution in [0.2, 0.25) is 0 Å². The number of likely N-dealkylation sites (N-methyl/N-ethyl adjacent to an activating group) is 1. The van der Waals surface area contributed by atoms with Gasteiger partial charge < -0.3 is 19.8 Å². The molecule has 3 atom stereocenters. The first kappa shape index (κ1) is 15.1. The van der Waals surface area contributed by atoms with E-state index in [1.807, 2.05) is 11.4 Å². The molecule has 1 saturated heterocycles. The van der Waals surface area contributed by atoms with Gasteiger partial charge in [-0.1, -0.05) is 0 Å². The summed E-state index contributed by atoms with van der Waals surface area (Å²) in [5.74, 6) is -0.666. The van der Waals surface area contributed by atoms with Crippen molar-refractivity contribution in [1.82, 2.24) is 10.2 Å². The van der Waals surface area contributed by atoms with Crippen LogP contribution in [0.1, 0.15) is 6.42 Å². The number of rotatable bonds is 5. The highest BCUT2D eigenvalue weighted by Gasteiger charge is 2.51. The van der Waals surface area contributed by atoms with Crippen LogP contribution in [0.3, 0.4) is 0 Å². The Morgan fingerprint density at radius 1 is 1.74 bits per heavy atom. The number of carbonyl (C=O) groups excluding carboxylic acids is 2. The summed E-state index contributed by atoms with van der Waals surface area (Å²) < 4.78 is 5.33. The van der Waals surface area contributed by atoms with Crippen molar-refractivity contribution in [2.75, 3.05) is 13.7 Å². The van der Waals surface area contributed by atoms with E-state index in [2.05, 4.69) is 0 Å². The van der Waals surface area contributed by atoms with Crippen LogP contribution in [-0.2, 0) is 14.3 Å². The molecule has 1 aliphatic rings. The number of aliphatic hydroxyl groups is 2. The lowest BCUT2D eigenvalue weighted by molar-refractivity contribution is -0.125. The van der Waals surface area contributed by atoms with Gasteiger partial charge in [-0.15, -0.1) is 0 Å². The molecule has 1 heterocycles. The van der Waals surface area contributed by atoms with E-state index in [-0.39, 0.29) is 19.4 Å². The van der Waals surface area contributed by atoms with E-state index in [0.717, 1.165) is 6.08 Å². The number of nitrogens with zero attached hydrogens (tertiary/aromatic N) is 2. The van der Waals surface area contributed by atoms with Gasteiger partial charge in [0.15, 0.2) is 0 Å². The molecule has 3 unspecified atom stereocenters. The minimum absolute atomic E-state index is 0.114. The number of nitriles is 1. The molecule has 0 aromatic heterocycles. The Balaban J connectivity index is 2.83. The quantitative estimate of drug-likeness (QED) is 0.392. The van der Waals surface area contributed by atoms with Crippen LogP contribution in [0.5, 0.6) is 0 Å². The molecule has 1 rings (SSSR count). The molecule has 0 aliphatic carbocycles. The van der Waals surface area contributed by atoms with Gasteiger partial charge in [0, 0.05) is 25.7 Å². The van der Waals surface area contributed by atoms with Gasteiger partial charge in [-0.05, 0) is 0 Å². The highest BCUT2D eigenvalue weighted by molar-refractivity contribution is 5.94. The number of hydrogen-bond donors (Lipinski definition) is 3. The normalized spacial score (nSPS) is 30.0. The Bertz CT molecular complexity index is 419. The van der Waals surface area contributed by atoms with Crippen molar-refractivity contribution in [3.05, 3.63) is 12.3 Å². The summed E-state index contributed by atoms with van der Waals surface area (Å²) in [6.45, 7) is -0.316. The lowest BCUT2D eigenvalue weighted by Gasteiger charge is -2.33. The van der Waals surface area contributed by atoms with Crippen molar-refractivity contribution in [2.45, 2.75) is 24.4 Å². The van der Waals surface area contributed by atoms with Crippen molar-refractivity contribution < 1.29 is 24.5 Å². The number of hydrogen-bond acceptors (Lipinski definition) is 7. The molecule has 8 nitrogen and oxygen atoms in total. The second-order valence-corrected chi connectivity index (χ2v) is 4.04. The summed E-state index contributed by atoms with van der Waals surface area (Å²) in [6, 6.07) is 1.84. The van der Waals surface area contributed by atoms with Crippen molar-refractivity contribution in [3.63, 3.8) is 0 Å². The molecular weight excluding hydrogens is 254 g/mol. The fourth-order valence-electron chi connectivity index (χ4n) is 1.80. The third-order valence-corrected chi connectivity index (χ3v) is 2.82. The maximum absolute atomic E-state index is 11.1. The first-order valence-corrected chi connectivity index (χ1v) is 5.53. The summed E-state index contributed by atoms with van der Waals surface area (Å²) in [5, 5.41) is 30.0. The molecule has 0 aromatic rings. The molecule has 3 N–H and O–H groups in total. The molecule has 8 heteroatoms. The smallest absolute Gasteiger partial charge is 0.257 e. The molecule has 0 radical (unpaired) electrons. The average Bonchev–Trinajstić information content (AvgIpc) is 2.74. The molecule has 1 aliphatic heterocycles. The van der Waals surface area contributed by atoms with Crippen LogP contribution >= 0.6 is 0 Å². The van der Waals surface area contributed by atoms with Gasteiger partial charge in [-0.25, -0.2) is 0 Å². The number of aliphatic hydroxyl groups excluding tert-OH is 2. The number of amides is 2. The SMILES string of the molecule is CN(/C=C\C(=O)NC=O)C1(C#N)OC(CO)CC1O. The van der Waals surface area contributed by atoms with E-state index in [1.54, 1.807) is 0 Å². The molecule has 0 spiro atoms. The van der Waals surface area contributed by atoms with Gasteiger partial charge >= 0.3 is 0 Å². The maximum Gasteiger partial charge on any atom is 0.257 e. The topological polar surface area (TPSA) is 123 Å². The number of imide groups is 1. The van der Waals surface area contributed by atoms with Gasteiger partial charge in [0.25, 0.3) is 11.6 Å². The first-order chi connectivity index (χ1) is 9.00. The standard InChI is InChI=1S/C11H15N3O5/c1-14(3-2-10(18)13-7-16)11(6-12)9(17)4-8(5-15)19-11/h2-3,7-9,15,17H,4-5H2,1H3,(H,13,16,18)/b3-2-. The zero-order valence-corrected chi connectivity index (χ0v) is 10.3. The van der Waals surface area contributed by atoms with Crippen LogP contribution in [-0.4, -0.2) is 59.0 Å². The summed E-state index contributed by atoms with van der Waals surface area (Å²) in [7, 11) is 1.44. The molecule has 0 bridgehead atoms. The Morgan fingerprint density at radius 2 is 2.42 bits per heavy atom. The van der Waals surface area contributed by atoms with E-state index in [9.17, 15) is 20.0 Å². The number of carbonyl (C=O) groups is 2. The Kier molecular flexibility index (Phi) is 5.00. The van der Waals surface area contributed by atoms with E-state index >= 15 is 0 Å². The van der Waals surface area contributed by atoms with Crippen molar-refractivity contribution in [3.8, 4) is 6.07 Å². The zero-order valence-electron chi connectivity index (χ0n) is 10.3. The second-order valence-electron chi connectivity index (χ2n) is 4.04. The van der Waals surface area contributed by atoms with Gasteiger partial charge in [0.2, 0.25) is 6.41 Å². The van der Waals surface area contributed by atoms with Gasteiger partial charge in [0.05, 0.1) is 12.7 Å². The van der Waals surface area contributed by atoms with Crippen LogP contribution in [0.15, 0.2) is 12.3 Å². The monoisotopic (exact) mass is 269 g/mol. The average molecular weight is 269 g/mol. The largest absolute Gasteiger partial charge is 0.394 e. The lowest BCUT2D eigenvalue weighted by atomic mass is 10.1. The summed E-state index contributed by atoms with van der Waals surface area (Å²) in [6.07, 6.45) is 0.812. The molecule has 0 saturated carbocycles. The highest BCUT2D eigenvalue weighted by Crippen LogP contribution is 2.32. The molecular formula is C11H15N3O5. The van der Waals surface area contributed by atoms with Gasteiger partial charge in [-0.3, -0.25) is 14.9 Å². The van der Waals surface area contributed by atoms with Crippen LogP contribution in [0.25, 0.3) is 0 Å². The molecule has 2 amide bonds. The van der Waals surface area contributed by atoms with E-state index in [4.69, 9.17) is 9.84 Å². The molecule has 0 aromatic carbocycles. The second kappa shape index (κ2) is 6.29. The van der Waals surface area contributed by atoms with E-state index in [0.29, 0.717) is 0 Å². The lowest BCUT2D eigenvalue weighted by Crippen LogP contribution is -2.50. The van der Waals surface area contributed by atoms with Crippen LogP contribution in [0, 0.1) is 11.3 Å². The molecule has 104 valence electrons. The minimum Gasteiger partial charge on any atom is -0.394 e. The van der Waals surface area contributed by atoms with E-state index in [1.165, 1.54) is 18.1 Å². The fourth-order valence-corrected chi connectivity index (χ4v) is 1.80. The summed E-state index contributed by atoms with van der Waals surface area (Å²) >= 11 is 0. The number of ether oxygens (including phenoxy) is 1. The van der Waals surface area contributed by atoms with Crippen molar-refractivity contribution in [2.24, 2.45) is 0 Å². The fraction of sp³-hybridized carbons (Fsp3) is 0.545. The van der Waals surface area contributed by atoms with Crippen LogP contribution in [0.4, 0.5) is 0 Å². The Labute approximate surface area is 109 Å². The zero-order chi connectivity index (χ0) is 14.5. The number of nitrogens with one attached hydrogen (secondary N) is 1. The molecule has 1 fully saturated rings. The maximum atomic E-state index is 11.1. The molecule has 19 heavy (non-hydrogen) atoms. The third-order valence-electron chi connectivity index (χ3n) is 2.82. The third kappa shape index (κ3) is 3.08. The van der Waals surface area contributed by atoms with Gasteiger partial charge in [0.1, 0.15) is 12.2 Å². The predicted octanol–water partition coefficient (Wildman–Crippen LogP) is -1.93. The predicted molar refractivity (Wildman–Crippen MR) is 62.0 cm³/mol. The van der Waals surface area contributed by atoms with Crippen molar-refractivity contribution in [1.29, 1.82) is 5.26 Å². The van der Waals surface area contributed by atoms with Crippen LogP contribution < -0.4 is 5.32 Å². The summed E-state index contributed by atoms with van der Waals surface area (Å²) in [5.41, 5.74) is -1.66. The van der Waals surface area contributed by atoms with Crippen molar-refractivity contribution >= 4 is 12.3 Å². The first-order valence-electron chi connectivity index (χ1n) is 5.53. The Morgan fingerprint density at radius 3 is 2.89 bits per heavy atom. The summed E-state index contributed by atoms with van der Waals surface area (Å²) in [4.78, 5) is 22.3. The minimum atomic E-state index is -1.66.